The smallest absolute Gasteiger partial charge is 0.322 e. The monoisotopic (exact) mass is 314 g/mol. The van der Waals surface area contributed by atoms with E-state index in [0.717, 1.165) is 0 Å². The molecule has 8 heteroatoms. The van der Waals surface area contributed by atoms with Gasteiger partial charge in [-0.15, -0.1) is 0 Å². The van der Waals surface area contributed by atoms with Crippen molar-refractivity contribution in [1.82, 2.24) is 9.97 Å². The first kappa shape index (κ1) is 14.9. The first-order valence-corrected chi connectivity index (χ1v) is 6.82. The molecule has 1 heterocycles. The van der Waals surface area contributed by atoms with Gasteiger partial charge in [-0.3, -0.25) is 14.9 Å². The highest BCUT2D eigenvalue weighted by molar-refractivity contribution is 6.15. The summed E-state index contributed by atoms with van der Waals surface area (Å²) in [5.41, 5.74) is 5.77. The van der Waals surface area contributed by atoms with Gasteiger partial charge in [0.15, 0.2) is 11.5 Å². The van der Waals surface area contributed by atoms with Crippen LogP contribution in [0.1, 0.15) is 29.8 Å². The fourth-order valence-corrected chi connectivity index (χ4v) is 2.99. The molecule has 118 valence electrons. The number of nitrogens with zero attached hydrogens (tertiary/aromatic N) is 3. The van der Waals surface area contributed by atoms with Crippen LogP contribution in [-0.4, -0.2) is 27.8 Å². The Hall–Kier alpha value is -3.03. The zero-order valence-corrected chi connectivity index (χ0v) is 12.8. The number of carbonyl (C=O) groups is 1. The minimum absolute atomic E-state index is 0.00931. The number of benzene rings is 1. The van der Waals surface area contributed by atoms with E-state index in [0.29, 0.717) is 16.8 Å². The number of carbonyl (C=O) groups excluding carboxylic acids is 1. The molecule has 23 heavy (non-hydrogen) atoms. The number of nitrogen functional groups attached to an aromatic ring is 1. The van der Waals surface area contributed by atoms with Crippen LogP contribution in [0.2, 0.25) is 0 Å². The van der Waals surface area contributed by atoms with Crippen molar-refractivity contribution in [1.29, 1.82) is 0 Å². The minimum atomic E-state index is -1.08. The van der Waals surface area contributed by atoms with Crippen LogP contribution in [0, 0.1) is 10.1 Å². The number of nitro groups is 1. The summed E-state index contributed by atoms with van der Waals surface area (Å²) >= 11 is 0. The van der Waals surface area contributed by atoms with Gasteiger partial charge in [-0.05, 0) is 26.0 Å². The van der Waals surface area contributed by atoms with Gasteiger partial charge in [-0.2, -0.15) is 0 Å². The number of nitrogens with two attached hydrogens (primary N) is 1. The lowest BCUT2D eigenvalue weighted by atomic mass is 9.70. The van der Waals surface area contributed by atoms with Gasteiger partial charge in [0.1, 0.15) is 17.7 Å². The Balaban J connectivity index is 2.49. The average molecular weight is 314 g/mol. The first-order valence-electron chi connectivity index (χ1n) is 6.82. The van der Waals surface area contributed by atoms with E-state index in [4.69, 9.17) is 10.5 Å². The highest BCUT2D eigenvalue weighted by Gasteiger charge is 2.46. The quantitative estimate of drug-likeness (QED) is 0.665. The predicted octanol–water partition coefficient (Wildman–Crippen LogP) is 2.12. The number of methoxy groups -OCH3 is 1. The summed E-state index contributed by atoms with van der Waals surface area (Å²) in [7, 11) is 1.32. The number of nitro benzene ring substituents is 1. The molecule has 0 bridgehead atoms. The Morgan fingerprint density at radius 3 is 2.61 bits per heavy atom. The molecule has 1 aromatic carbocycles. The van der Waals surface area contributed by atoms with E-state index in [-0.39, 0.29) is 22.8 Å². The average Bonchev–Trinajstić information content (AvgIpc) is 2.50. The summed E-state index contributed by atoms with van der Waals surface area (Å²) in [5.74, 6) is -0.187. The number of aromatic nitrogens is 2. The molecule has 3 rings (SSSR count). The third-order valence-electron chi connectivity index (χ3n) is 4.09. The second-order valence-electron chi connectivity index (χ2n) is 5.73. The van der Waals surface area contributed by atoms with Crippen LogP contribution >= 0.6 is 0 Å². The zero-order valence-electron chi connectivity index (χ0n) is 12.8. The van der Waals surface area contributed by atoms with Crippen molar-refractivity contribution in [3.05, 3.63) is 39.7 Å². The van der Waals surface area contributed by atoms with E-state index in [2.05, 4.69) is 9.97 Å². The molecule has 0 radical (unpaired) electrons. The lowest BCUT2D eigenvalue weighted by Crippen LogP contribution is -2.35. The number of Topliss-reactive ketones (excluding diaryl/α,β-unsaturated/α-hetero) is 1. The number of hydrogen-bond acceptors (Lipinski definition) is 7. The van der Waals surface area contributed by atoms with Crippen LogP contribution in [0.15, 0.2) is 18.5 Å². The fraction of sp³-hybridized carbons (Fsp3) is 0.267. The van der Waals surface area contributed by atoms with Gasteiger partial charge >= 0.3 is 5.69 Å². The Bertz CT molecular complexity index is 861. The van der Waals surface area contributed by atoms with E-state index in [9.17, 15) is 14.9 Å². The van der Waals surface area contributed by atoms with Crippen molar-refractivity contribution in [3.8, 4) is 17.0 Å². The van der Waals surface area contributed by atoms with Crippen molar-refractivity contribution < 1.29 is 14.5 Å². The summed E-state index contributed by atoms with van der Waals surface area (Å²) in [5, 5.41) is 11.5. The van der Waals surface area contributed by atoms with Crippen molar-refractivity contribution in [3.63, 3.8) is 0 Å². The maximum Gasteiger partial charge on any atom is 0.322 e. The van der Waals surface area contributed by atoms with Crippen LogP contribution in [0.4, 0.5) is 11.5 Å². The van der Waals surface area contributed by atoms with Crippen molar-refractivity contribution in [2.45, 2.75) is 19.3 Å². The van der Waals surface area contributed by atoms with Crippen molar-refractivity contribution >= 4 is 17.3 Å². The second kappa shape index (κ2) is 4.73. The Morgan fingerprint density at radius 1 is 1.30 bits per heavy atom. The molecular formula is C15H14N4O4. The van der Waals surface area contributed by atoms with E-state index < -0.39 is 16.1 Å². The summed E-state index contributed by atoms with van der Waals surface area (Å²) in [6.45, 7) is 3.31. The van der Waals surface area contributed by atoms with Crippen molar-refractivity contribution in [2.75, 3.05) is 12.8 Å². The molecule has 1 aliphatic rings. The van der Waals surface area contributed by atoms with Crippen LogP contribution < -0.4 is 10.5 Å². The normalized spacial score (nSPS) is 14.8. The van der Waals surface area contributed by atoms with Gasteiger partial charge in [0.25, 0.3) is 0 Å². The molecule has 2 N–H and O–H groups in total. The Labute approximate surface area is 131 Å². The number of fused-ring (bicyclic) bond motifs is 3. The third-order valence-corrected chi connectivity index (χ3v) is 4.09. The molecule has 8 nitrogen and oxygen atoms in total. The van der Waals surface area contributed by atoms with E-state index in [1.807, 2.05) is 0 Å². The summed E-state index contributed by atoms with van der Waals surface area (Å²) in [6.07, 6.45) is 1.28. The molecule has 1 aromatic heterocycles. The Morgan fingerprint density at radius 2 is 2.00 bits per heavy atom. The topological polar surface area (TPSA) is 121 Å². The van der Waals surface area contributed by atoms with Gasteiger partial charge in [0, 0.05) is 11.1 Å². The molecule has 0 amide bonds. The summed E-state index contributed by atoms with van der Waals surface area (Å²) in [4.78, 5) is 32.0. The van der Waals surface area contributed by atoms with Crippen LogP contribution in [0.5, 0.6) is 5.75 Å². The standard InChI is InChI=1S/C15H14N4O4/c1-15(2)10-11(17-6-18-14(10)16)7-4-5-8(23-3)12(19(21)22)9(7)13(15)20/h4-6H,1-3H3,(H2,16,17,18). The molecule has 0 spiro atoms. The number of hydrogen-bond donors (Lipinski definition) is 1. The van der Waals surface area contributed by atoms with E-state index >= 15 is 0 Å². The van der Waals surface area contributed by atoms with E-state index in [1.165, 1.54) is 19.5 Å². The second-order valence-corrected chi connectivity index (χ2v) is 5.73. The molecule has 2 aromatic rings. The van der Waals surface area contributed by atoms with Gasteiger partial charge in [0.05, 0.1) is 23.1 Å². The van der Waals surface area contributed by atoms with Gasteiger partial charge in [-0.25, -0.2) is 9.97 Å². The van der Waals surface area contributed by atoms with Gasteiger partial charge < -0.3 is 10.5 Å². The van der Waals surface area contributed by atoms with Crippen LogP contribution in [0.3, 0.4) is 0 Å². The van der Waals surface area contributed by atoms with Crippen LogP contribution in [0.25, 0.3) is 11.3 Å². The molecule has 0 aliphatic heterocycles. The largest absolute Gasteiger partial charge is 0.490 e. The third kappa shape index (κ3) is 1.88. The zero-order chi connectivity index (χ0) is 16.9. The Kier molecular flexibility index (Phi) is 3.06. The number of rotatable bonds is 2. The maximum absolute atomic E-state index is 13.0. The molecule has 0 saturated heterocycles. The molecule has 0 saturated carbocycles. The molecular weight excluding hydrogens is 300 g/mol. The summed E-state index contributed by atoms with van der Waals surface area (Å²) in [6, 6.07) is 3.03. The highest BCUT2D eigenvalue weighted by Crippen LogP contribution is 2.48. The van der Waals surface area contributed by atoms with E-state index in [1.54, 1.807) is 19.9 Å². The summed E-state index contributed by atoms with van der Waals surface area (Å²) < 4.78 is 5.05. The maximum atomic E-state index is 13.0. The van der Waals surface area contributed by atoms with Gasteiger partial charge in [-0.1, -0.05) is 0 Å². The minimum Gasteiger partial charge on any atom is -0.490 e. The number of anilines is 1. The first-order chi connectivity index (χ1) is 10.8. The molecule has 1 aliphatic carbocycles. The molecule has 0 atom stereocenters. The predicted molar refractivity (Wildman–Crippen MR) is 82.4 cm³/mol. The molecule has 0 unspecified atom stereocenters. The lowest BCUT2D eigenvalue weighted by molar-refractivity contribution is -0.386. The lowest BCUT2D eigenvalue weighted by Gasteiger charge is -2.31. The van der Waals surface area contributed by atoms with Gasteiger partial charge in [0.2, 0.25) is 0 Å². The fourth-order valence-electron chi connectivity index (χ4n) is 2.99. The number of ketones is 1. The highest BCUT2D eigenvalue weighted by atomic mass is 16.6. The molecule has 0 fully saturated rings. The van der Waals surface area contributed by atoms with Crippen molar-refractivity contribution in [2.24, 2.45) is 0 Å². The number of ether oxygens (including phenoxy) is 1. The van der Waals surface area contributed by atoms with Crippen LogP contribution in [-0.2, 0) is 5.41 Å². The SMILES string of the molecule is COc1ccc2c(c1[N+](=O)[O-])C(=O)C(C)(C)c1c(N)ncnc1-2.